The minimum Gasteiger partial charge on any atom is -0.381 e. The Labute approximate surface area is 200 Å². The topological polar surface area (TPSA) is 131 Å². The van der Waals surface area contributed by atoms with Gasteiger partial charge in [-0.1, -0.05) is 0 Å². The Hall–Kier alpha value is -3.80. The monoisotopic (exact) mass is 480 g/mol. The number of anilines is 3. The Balaban J connectivity index is 1.14. The van der Waals surface area contributed by atoms with E-state index in [9.17, 15) is 14.0 Å². The van der Waals surface area contributed by atoms with Crippen molar-refractivity contribution in [3.8, 4) is 0 Å². The summed E-state index contributed by atoms with van der Waals surface area (Å²) in [5.74, 6) is -0.949. The fourth-order valence-corrected chi connectivity index (χ4v) is 5.16. The quantitative estimate of drug-likeness (QED) is 0.572. The zero-order valence-electron chi connectivity index (χ0n) is 19.0. The van der Waals surface area contributed by atoms with Gasteiger partial charge < -0.3 is 25.6 Å². The summed E-state index contributed by atoms with van der Waals surface area (Å²) in [4.78, 5) is 38.1. The second kappa shape index (κ2) is 8.15. The molecule has 0 aliphatic carbocycles. The lowest BCUT2D eigenvalue weighted by Crippen LogP contribution is -2.70. The highest BCUT2D eigenvalue weighted by Gasteiger charge is 2.51. The standard InChI is InChI=1S/C23H25FN8O3/c24-15-9-27-20-18(19(25)29-32(20)11-15)21(33)28-16-10-26-5-1-17(16)30-6-2-14(3-7-30)22(34)31-12-23(13-31)4-8-35-23/h1,5,9-11,14H,2-4,6-8,12-13H2,(H2,25,29)(H,28,33). The number of pyridine rings is 1. The smallest absolute Gasteiger partial charge is 0.263 e. The molecule has 11 nitrogen and oxygen atoms in total. The van der Waals surface area contributed by atoms with Gasteiger partial charge in [0.2, 0.25) is 5.91 Å². The number of fused-ring (bicyclic) bond motifs is 1. The van der Waals surface area contributed by atoms with Crippen LogP contribution in [-0.2, 0) is 9.53 Å². The summed E-state index contributed by atoms with van der Waals surface area (Å²) in [6, 6.07) is 1.83. The third kappa shape index (κ3) is 3.73. The molecule has 3 aromatic heterocycles. The van der Waals surface area contributed by atoms with Gasteiger partial charge in [0.05, 0.1) is 49.7 Å². The van der Waals surface area contributed by atoms with E-state index in [1.165, 1.54) is 0 Å². The van der Waals surface area contributed by atoms with Crippen molar-refractivity contribution in [2.45, 2.75) is 24.9 Å². The van der Waals surface area contributed by atoms with Crippen molar-refractivity contribution < 1.29 is 18.7 Å². The van der Waals surface area contributed by atoms with Gasteiger partial charge in [-0.25, -0.2) is 13.9 Å². The summed E-state index contributed by atoms with van der Waals surface area (Å²) in [7, 11) is 0. The zero-order chi connectivity index (χ0) is 24.2. The zero-order valence-corrected chi connectivity index (χ0v) is 19.0. The first kappa shape index (κ1) is 21.7. The molecular weight excluding hydrogens is 455 g/mol. The third-order valence-corrected chi connectivity index (χ3v) is 7.16. The first-order valence-corrected chi connectivity index (χ1v) is 11.6. The van der Waals surface area contributed by atoms with E-state index < -0.39 is 11.7 Å². The normalized spacial score (nSPS) is 19.5. The SMILES string of the molecule is Nc1nn2cc(F)cnc2c1C(=O)Nc1cnccc1N1CCC(C(=O)N2CC3(CCO3)C2)CC1. The van der Waals surface area contributed by atoms with Gasteiger partial charge in [0, 0.05) is 31.6 Å². The van der Waals surface area contributed by atoms with Crippen molar-refractivity contribution in [1.82, 2.24) is 24.5 Å². The summed E-state index contributed by atoms with van der Waals surface area (Å²) >= 11 is 0. The predicted octanol–water partition coefficient (Wildman–Crippen LogP) is 1.32. The molecule has 0 unspecified atom stereocenters. The van der Waals surface area contributed by atoms with Crippen LogP contribution in [0, 0.1) is 11.7 Å². The van der Waals surface area contributed by atoms with Crippen LogP contribution in [0.5, 0.6) is 0 Å². The number of aromatic nitrogens is 4. The number of piperidine rings is 1. The second-order valence-corrected chi connectivity index (χ2v) is 9.38. The van der Waals surface area contributed by atoms with E-state index in [4.69, 9.17) is 10.5 Å². The van der Waals surface area contributed by atoms with Crippen molar-refractivity contribution in [2.75, 3.05) is 48.7 Å². The summed E-state index contributed by atoms with van der Waals surface area (Å²) in [6.07, 6.45) is 7.85. The van der Waals surface area contributed by atoms with Crippen molar-refractivity contribution in [3.63, 3.8) is 0 Å². The van der Waals surface area contributed by atoms with E-state index >= 15 is 0 Å². The Morgan fingerprint density at radius 2 is 2.00 bits per heavy atom. The van der Waals surface area contributed by atoms with Gasteiger partial charge in [0.25, 0.3) is 5.91 Å². The molecule has 182 valence electrons. The lowest BCUT2D eigenvalue weighted by atomic mass is 9.84. The number of likely N-dealkylation sites (tertiary alicyclic amines) is 1. The molecule has 1 spiro atoms. The second-order valence-electron chi connectivity index (χ2n) is 9.38. The highest BCUT2D eigenvalue weighted by atomic mass is 19.1. The fraction of sp³-hybridized carbons (Fsp3) is 0.435. The maximum absolute atomic E-state index is 13.5. The van der Waals surface area contributed by atoms with Crippen LogP contribution in [0.25, 0.3) is 5.65 Å². The number of halogens is 1. The molecule has 3 aliphatic heterocycles. The first-order chi connectivity index (χ1) is 16.9. The van der Waals surface area contributed by atoms with Crippen LogP contribution in [0.1, 0.15) is 29.6 Å². The number of carbonyl (C=O) groups is 2. The molecule has 0 bridgehead atoms. The van der Waals surface area contributed by atoms with Gasteiger partial charge in [-0.05, 0) is 18.9 Å². The van der Waals surface area contributed by atoms with E-state index in [1.807, 2.05) is 11.0 Å². The molecule has 12 heteroatoms. The number of nitrogen functional groups attached to an aromatic ring is 1. The van der Waals surface area contributed by atoms with Crippen LogP contribution >= 0.6 is 0 Å². The number of nitrogens with two attached hydrogens (primary N) is 1. The van der Waals surface area contributed by atoms with Crippen LogP contribution in [0.4, 0.5) is 21.6 Å². The Kier molecular flexibility index (Phi) is 5.06. The minimum absolute atomic E-state index is 0.00592. The fourth-order valence-electron chi connectivity index (χ4n) is 5.16. The van der Waals surface area contributed by atoms with Crippen LogP contribution in [0.3, 0.4) is 0 Å². The van der Waals surface area contributed by atoms with Crippen molar-refractivity contribution in [1.29, 1.82) is 0 Å². The molecule has 2 amide bonds. The predicted molar refractivity (Wildman–Crippen MR) is 124 cm³/mol. The van der Waals surface area contributed by atoms with Crippen LogP contribution < -0.4 is 16.0 Å². The summed E-state index contributed by atoms with van der Waals surface area (Å²) in [6.45, 7) is 3.57. The largest absolute Gasteiger partial charge is 0.381 e. The maximum atomic E-state index is 13.5. The van der Waals surface area contributed by atoms with E-state index in [0.29, 0.717) is 31.9 Å². The molecule has 35 heavy (non-hydrogen) atoms. The van der Waals surface area contributed by atoms with E-state index in [2.05, 4.69) is 25.3 Å². The number of nitrogens with one attached hydrogen (secondary N) is 1. The van der Waals surface area contributed by atoms with Gasteiger partial charge >= 0.3 is 0 Å². The van der Waals surface area contributed by atoms with Gasteiger partial charge in [-0.2, -0.15) is 0 Å². The molecule has 3 fully saturated rings. The van der Waals surface area contributed by atoms with E-state index in [1.54, 1.807) is 12.4 Å². The summed E-state index contributed by atoms with van der Waals surface area (Å²) in [5.41, 5.74) is 7.40. The molecule has 0 atom stereocenters. The van der Waals surface area contributed by atoms with Crippen LogP contribution in [0.2, 0.25) is 0 Å². The maximum Gasteiger partial charge on any atom is 0.263 e. The molecule has 3 saturated heterocycles. The average molecular weight is 481 g/mol. The van der Waals surface area contributed by atoms with Gasteiger partial charge in [0.1, 0.15) is 11.2 Å². The number of ether oxygens (including phenoxy) is 1. The molecule has 0 saturated carbocycles. The van der Waals surface area contributed by atoms with Crippen molar-refractivity contribution in [3.05, 3.63) is 42.2 Å². The third-order valence-electron chi connectivity index (χ3n) is 7.16. The number of hydrogen-bond acceptors (Lipinski definition) is 8. The van der Waals surface area contributed by atoms with E-state index in [-0.39, 0.29) is 34.5 Å². The molecule has 6 heterocycles. The molecule has 3 aliphatic rings. The summed E-state index contributed by atoms with van der Waals surface area (Å²) in [5, 5.41) is 6.83. The molecule has 3 aromatic rings. The van der Waals surface area contributed by atoms with E-state index in [0.717, 1.165) is 48.5 Å². The Bertz CT molecular complexity index is 1310. The van der Waals surface area contributed by atoms with Gasteiger partial charge in [0.15, 0.2) is 17.3 Å². The first-order valence-electron chi connectivity index (χ1n) is 11.6. The highest BCUT2D eigenvalue weighted by molar-refractivity contribution is 6.12. The highest BCUT2D eigenvalue weighted by Crippen LogP contribution is 2.38. The Morgan fingerprint density at radius 3 is 2.71 bits per heavy atom. The van der Waals surface area contributed by atoms with Crippen LogP contribution in [-0.4, -0.2) is 74.7 Å². The van der Waals surface area contributed by atoms with Crippen molar-refractivity contribution >= 4 is 34.7 Å². The van der Waals surface area contributed by atoms with Crippen LogP contribution in [0.15, 0.2) is 30.9 Å². The van der Waals surface area contributed by atoms with Gasteiger partial charge in [-0.15, -0.1) is 5.10 Å². The summed E-state index contributed by atoms with van der Waals surface area (Å²) < 4.78 is 20.2. The molecule has 3 N–H and O–H groups in total. The number of nitrogens with zero attached hydrogens (tertiary/aromatic N) is 6. The number of rotatable bonds is 4. The van der Waals surface area contributed by atoms with Gasteiger partial charge in [-0.3, -0.25) is 14.6 Å². The Morgan fingerprint density at radius 1 is 1.23 bits per heavy atom. The number of carbonyl (C=O) groups excluding carboxylic acids is 2. The lowest BCUT2D eigenvalue weighted by Gasteiger charge is -2.55. The average Bonchev–Trinajstić information content (AvgIpc) is 3.12. The number of amides is 2. The number of hydrogen-bond donors (Lipinski definition) is 2. The lowest BCUT2D eigenvalue weighted by molar-refractivity contribution is -0.223. The molecule has 0 radical (unpaired) electrons. The molecular formula is C23H25FN8O3. The van der Waals surface area contributed by atoms with Crippen molar-refractivity contribution in [2.24, 2.45) is 5.92 Å². The minimum atomic E-state index is -0.589. The molecule has 0 aromatic carbocycles. The molecule has 6 rings (SSSR count).